The van der Waals surface area contributed by atoms with Crippen LogP contribution in [0, 0.1) is 0 Å². The zero-order valence-corrected chi connectivity index (χ0v) is 19.3. The maximum atomic E-state index is 11.7. The van der Waals surface area contributed by atoms with Crippen LogP contribution >= 0.6 is 0 Å². The number of allylic oxidation sites excluding steroid dienone is 2. The molecule has 33 heavy (non-hydrogen) atoms. The van der Waals surface area contributed by atoms with E-state index in [1.54, 1.807) is 0 Å². The Balaban J connectivity index is 1.47. The van der Waals surface area contributed by atoms with Crippen molar-refractivity contribution >= 4 is 16.7 Å². The van der Waals surface area contributed by atoms with Gasteiger partial charge in [0.1, 0.15) is 11.5 Å². The van der Waals surface area contributed by atoms with Crippen LogP contribution in [0.3, 0.4) is 0 Å². The Morgan fingerprint density at radius 1 is 1.12 bits per heavy atom. The van der Waals surface area contributed by atoms with Crippen molar-refractivity contribution in [2.45, 2.75) is 58.6 Å². The van der Waals surface area contributed by atoms with Gasteiger partial charge in [0.25, 0.3) is 0 Å². The Kier molecular flexibility index (Phi) is 6.82. The first-order chi connectivity index (χ1) is 15.9. The lowest BCUT2D eigenvalue weighted by atomic mass is 9.99. The minimum Gasteiger partial charge on any atom is -0.548 e. The average Bonchev–Trinajstić information content (AvgIpc) is 2.80. The average molecular weight is 446 g/mol. The maximum absolute atomic E-state index is 11.7. The number of nitrogens with zero attached hydrogens (tertiary/aromatic N) is 1. The van der Waals surface area contributed by atoms with Crippen LogP contribution in [0.25, 0.3) is 10.8 Å². The van der Waals surface area contributed by atoms with Crippen molar-refractivity contribution in [2.24, 2.45) is 0 Å². The van der Waals surface area contributed by atoms with E-state index in [2.05, 4.69) is 23.3 Å². The van der Waals surface area contributed by atoms with E-state index < -0.39 is 12.0 Å². The first-order valence-corrected chi connectivity index (χ1v) is 11.4. The number of hydrogen-bond acceptors (Lipinski definition) is 6. The highest BCUT2D eigenvalue weighted by Gasteiger charge is 2.23. The van der Waals surface area contributed by atoms with E-state index in [9.17, 15) is 9.90 Å². The molecule has 0 saturated heterocycles. The van der Waals surface area contributed by atoms with Gasteiger partial charge in [-0.2, -0.15) is 0 Å². The van der Waals surface area contributed by atoms with E-state index in [1.165, 1.54) is 0 Å². The van der Waals surface area contributed by atoms with Gasteiger partial charge in [-0.1, -0.05) is 37.3 Å². The number of aryl methyl sites for hydroxylation is 1. The van der Waals surface area contributed by atoms with Crippen LogP contribution in [0.4, 0.5) is 0 Å². The van der Waals surface area contributed by atoms with Gasteiger partial charge in [-0.15, -0.1) is 0 Å². The van der Waals surface area contributed by atoms with E-state index in [1.807, 2.05) is 62.4 Å². The van der Waals surface area contributed by atoms with Gasteiger partial charge in [-0.05, 0) is 68.3 Å². The Hall–Kier alpha value is -3.54. The van der Waals surface area contributed by atoms with E-state index in [0.29, 0.717) is 18.1 Å². The lowest BCUT2D eigenvalue weighted by Gasteiger charge is -2.31. The van der Waals surface area contributed by atoms with Gasteiger partial charge in [0.05, 0.1) is 23.8 Å². The third-order valence-electron chi connectivity index (χ3n) is 5.65. The van der Waals surface area contributed by atoms with E-state index in [0.717, 1.165) is 52.7 Å². The van der Waals surface area contributed by atoms with Crippen molar-refractivity contribution in [3.63, 3.8) is 0 Å². The number of carbonyl (C=O) groups excluding carboxylic acids is 1. The predicted molar refractivity (Wildman–Crippen MR) is 126 cm³/mol. The van der Waals surface area contributed by atoms with Crippen molar-refractivity contribution in [1.29, 1.82) is 0 Å². The molecular formula is C27H29N2O4-. The second-order valence-electron chi connectivity index (χ2n) is 8.53. The van der Waals surface area contributed by atoms with Crippen LogP contribution in [0.5, 0.6) is 11.6 Å². The number of carbonyl (C=O) groups is 1. The minimum atomic E-state index is -1.13. The highest BCUT2D eigenvalue weighted by atomic mass is 16.5. The Morgan fingerprint density at radius 2 is 1.88 bits per heavy atom. The second kappa shape index (κ2) is 9.94. The SMILES string of the molecule is CCc1cc2ccccc2c(Oc2ccc(CC(NC3=C(OC(C)C)CC3)C(=O)[O-])cc2)n1. The molecule has 1 N–H and O–H groups in total. The molecule has 1 heterocycles. The van der Waals surface area contributed by atoms with Gasteiger partial charge in [0, 0.05) is 17.5 Å². The van der Waals surface area contributed by atoms with E-state index in [4.69, 9.17) is 9.47 Å². The molecule has 0 spiro atoms. The van der Waals surface area contributed by atoms with Crippen molar-refractivity contribution in [3.05, 3.63) is 77.3 Å². The van der Waals surface area contributed by atoms with Gasteiger partial charge >= 0.3 is 0 Å². The third-order valence-corrected chi connectivity index (χ3v) is 5.65. The second-order valence-corrected chi connectivity index (χ2v) is 8.53. The molecule has 1 aromatic heterocycles. The molecule has 3 aromatic rings. The molecule has 4 rings (SSSR count). The Bertz CT molecular complexity index is 1170. The highest BCUT2D eigenvalue weighted by Crippen LogP contribution is 2.30. The topological polar surface area (TPSA) is 83.5 Å². The monoisotopic (exact) mass is 445 g/mol. The first-order valence-electron chi connectivity index (χ1n) is 11.4. The summed E-state index contributed by atoms with van der Waals surface area (Å²) in [5, 5.41) is 16.9. The number of nitrogens with one attached hydrogen (secondary N) is 1. The molecule has 0 radical (unpaired) electrons. The normalized spacial score (nSPS) is 14.2. The summed E-state index contributed by atoms with van der Waals surface area (Å²) >= 11 is 0. The number of aliphatic carboxylic acids is 1. The van der Waals surface area contributed by atoms with E-state index in [-0.39, 0.29) is 6.10 Å². The number of aromatic nitrogens is 1. The van der Waals surface area contributed by atoms with Crippen molar-refractivity contribution in [3.8, 4) is 11.6 Å². The minimum absolute atomic E-state index is 0.0654. The predicted octanol–water partition coefficient (Wildman–Crippen LogP) is 4.27. The molecule has 1 unspecified atom stereocenters. The molecule has 1 atom stereocenters. The summed E-state index contributed by atoms with van der Waals surface area (Å²) in [4.78, 5) is 16.4. The van der Waals surface area contributed by atoms with Crippen molar-refractivity contribution in [2.75, 3.05) is 0 Å². The van der Waals surface area contributed by atoms with Gasteiger partial charge in [0.2, 0.25) is 5.88 Å². The van der Waals surface area contributed by atoms with Crippen molar-refractivity contribution < 1.29 is 19.4 Å². The number of benzene rings is 2. The molecule has 0 bridgehead atoms. The smallest absolute Gasteiger partial charge is 0.227 e. The summed E-state index contributed by atoms with van der Waals surface area (Å²) in [7, 11) is 0. The molecule has 0 aliphatic heterocycles. The molecule has 172 valence electrons. The highest BCUT2D eigenvalue weighted by molar-refractivity contribution is 5.87. The fourth-order valence-electron chi connectivity index (χ4n) is 3.84. The lowest BCUT2D eigenvalue weighted by molar-refractivity contribution is -0.308. The number of ether oxygens (including phenoxy) is 2. The zero-order chi connectivity index (χ0) is 23.4. The van der Waals surface area contributed by atoms with Gasteiger partial charge in [-0.3, -0.25) is 0 Å². The molecule has 1 aliphatic rings. The summed E-state index contributed by atoms with van der Waals surface area (Å²) in [5.41, 5.74) is 2.69. The lowest BCUT2D eigenvalue weighted by Crippen LogP contribution is -2.47. The van der Waals surface area contributed by atoms with Crippen LogP contribution in [0.2, 0.25) is 0 Å². The standard InChI is InChI=1S/C27H30N2O4/c1-4-20-16-19-7-5-6-8-22(19)26(28-20)33-21-11-9-18(10-12-21)15-24(27(30)31)29-23-13-14-25(23)32-17(2)3/h5-12,16-17,24,29H,4,13-15H2,1-3H3,(H,30,31)/p-1. The van der Waals surface area contributed by atoms with Crippen LogP contribution < -0.4 is 15.2 Å². The number of fused-ring (bicyclic) bond motifs is 1. The van der Waals surface area contributed by atoms with Gasteiger partial charge < -0.3 is 24.7 Å². The quantitative estimate of drug-likeness (QED) is 0.502. The van der Waals surface area contributed by atoms with E-state index >= 15 is 0 Å². The van der Waals surface area contributed by atoms with Gasteiger partial charge in [-0.25, -0.2) is 4.98 Å². The Morgan fingerprint density at radius 3 is 2.52 bits per heavy atom. The Labute approximate surface area is 194 Å². The number of carboxylic acid groups (broad SMARTS) is 1. The van der Waals surface area contributed by atoms with Crippen LogP contribution in [-0.2, 0) is 22.4 Å². The molecule has 0 saturated carbocycles. The van der Waals surface area contributed by atoms with Gasteiger partial charge in [0.15, 0.2) is 0 Å². The molecule has 2 aromatic carbocycles. The maximum Gasteiger partial charge on any atom is 0.227 e. The molecule has 6 nitrogen and oxygen atoms in total. The third kappa shape index (κ3) is 5.45. The fourth-order valence-corrected chi connectivity index (χ4v) is 3.84. The van der Waals surface area contributed by atoms with Crippen molar-refractivity contribution in [1.82, 2.24) is 10.3 Å². The number of rotatable bonds is 10. The molecule has 0 amide bonds. The fraction of sp³-hybridized carbons (Fsp3) is 0.333. The van der Waals surface area contributed by atoms with Crippen LogP contribution in [0.15, 0.2) is 66.1 Å². The van der Waals surface area contributed by atoms with Crippen LogP contribution in [-0.4, -0.2) is 23.1 Å². The summed E-state index contributed by atoms with van der Waals surface area (Å²) in [5.74, 6) is 0.929. The summed E-state index contributed by atoms with van der Waals surface area (Å²) in [6.45, 7) is 5.98. The molecule has 6 heteroatoms. The largest absolute Gasteiger partial charge is 0.548 e. The first kappa shape index (κ1) is 22.6. The summed E-state index contributed by atoms with van der Waals surface area (Å²) in [6.07, 6.45) is 2.80. The zero-order valence-electron chi connectivity index (χ0n) is 19.3. The molecule has 0 fully saturated rings. The summed E-state index contributed by atoms with van der Waals surface area (Å²) in [6, 6.07) is 16.7. The summed E-state index contributed by atoms with van der Waals surface area (Å²) < 4.78 is 11.8. The van der Waals surface area contributed by atoms with Crippen LogP contribution in [0.1, 0.15) is 44.9 Å². The molecular weight excluding hydrogens is 416 g/mol. The number of pyridine rings is 1. The number of hydrogen-bond donors (Lipinski definition) is 1. The molecule has 1 aliphatic carbocycles. The number of carboxylic acids is 1.